The number of nitroso groups, excluding NO2 is 1. The summed E-state index contributed by atoms with van der Waals surface area (Å²) in [5.74, 6) is 1.33. The zero-order chi connectivity index (χ0) is 12.3. The largest absolute Gasteiger partial charge is 0.496 e. The van der Waals surface area contributed by atoms with Crippen molar-refractivity contribution in [3.8, 4) is 11.5 Å². The lowest BCUT2D eigenvalue weighted by Gasteiger charge is -2.09. The van der Waals surface area contributed by atoms with Crippen molar-refractivity contribution in [1.82, 2.24) is 4.98 Å². The van der Waals surface area contributed by atoms with Crippen LogP contribution in [0.2, 0.25) is 0 Å². The van der Waals surface area contributed by atoms with Gasteiger partial charge >= 0.3 is 0 Å². The minimum atomic E-state index is 0.633. The van der Waals surface area contributed by atoms with Gasteiger partial charge in [0.05, 0.1) is 25.9 Å². The Kier molecular flexibility index (Phi) is 3.09. The second kappa shape index (κ2) is 4.69. The van der Waals surface area contributed by atoms with Gasteiger partial charge in [-0.1, -0.05) is 0 Å². The normalized spacial score (nSPS) is 10.9. The molecule has 0 spiro atoms. The zero-order valence-electron chi connectivity index (χ0n) is 9.56. The Morgan fingerprint density at radius 1 is 1.29 bits per heavy atom. The van der Waals surface area contributed by atoms with Crippen molar-refractivity contribution in [2.75, 3.05) is 14.2 Å². The monoisotopic (exact) mass is 232 g/mol. The molecular weight excluding hydrogens is 220 g/mol. The van der Waals surface area contributed by atoms with Gasteiger partial charge < -0.3 is 14.5 Å². The predicted molar refractivity (Wildman–Crippen MR) is 66.2 cm³/mol. The molecule has 0 bridgehead atoms. The number of rotatable bonds is 4. The Morgan fingerprint density at radius 2 is 2.06 bits per heavy atom. The van der Waals surface area contributed by atoms with E-state index in [1.165, 1.54) is 6.20 Å². The number of aromatic nitrogens is 1. The number of H-pyrrole nitrogens is 1. The predicted octanol–water partition coefficient (Wildman–Crippen LogP) is 2.92. The van der Waals surface area contributed by atoms with Crippen LogP contribution in [0.25, 0.3) is 17.0 Å². The second-order valence-corrected chi connectivity index (χ2v) is 3.38. The maximum atomic E-state index is 10.2. The fraction of sp³-hybridized carbons (Fsp3) is 0.167. The molecule has 1 heterocycles. The lowest BCUT2D eigenvalue weighted by atomic mass is 10.1. The molecule has 1 aromatic heterocycles. The molecule has 5 nitrogen and oxygen atoms in total. The summed E-state index contributed by atoms with van der Waals surface area (Å²) >= 11 is 0. The van der Waals surface area contributed by atoms with Gasteiger partial charge in [-0.15, -0.1) is 4.91 Å². The van der Waals surface area contributed by atoms with E-state index >= 15 is 0 Å². The number of hydrogen-bond acceptors (Lipinski definition) is 4. The SMILES string of the molecule is COc1cc(OC)c2[nH]ccc2c1/C=C/N=O. The molecule has 2 rings (SSSR count). The van der Waals surface area contributed by atoms with Gasteiger partial charge in [-0.3, -0.25) is 0 Å². The molecule has 0 aliphatic carbocycles. The van der Waals surface area contributed by atoms with Gasteiger partial charge in [-0.2, -0.15) is 0 Å². The number of hydrogen-bond donors (Lipinski definition) is 1. The van der Waals surface area contributed by atoms with E-state index < -0.39 is 0 Å². The molecule has 0 aliphatic rings. The fourth-order valence-electron chi connectivity index (χ4n) is 1.81. The highest BCUT2D eigenvalue weighted by atomic mass is 16.5. The van der Waals surface area contributed by atoms with Gasteiger partial charge in [0.2, 0.25) is 0 Å². The maximum Gasteiger partial charge on any atom is 0.146 e. The molecule has 88 valence electrons. The van der Waals surface area contributed by atoms with Crippen molar-refractivity contribution >= 4 is 17.0 Å². The Labute approximate surface area is 98.0 Å². The number of fused-ring (bicyclic) bond motifs is 1. The average Bonchev–Trinajstić information content (AvgIpc) is 2.84. The van der Waals surface area contributed by atoms with Crippen molar-refractivity contribution in [1.29, 1.82) is 0 Å². The molecule has 0 aliphatic heterocycles. The van der Waals surface area contributed by atoms with Crippen LogP contribution in [0, 0.1) is 4.91 Å². The first-order valence-electron chi connectivity index (χ1n) is 5.03. The van der Waals surface area contributed by atoms with E-state index in [0.717, 1.165) is 16.5 Å². The first kappa shape index (κ1) is 11.2. The Hall–Kier alpha value is -2.30. The summed E-state index contributed by atoms with van der Waals surface area (Å²) in [6.45, 7) is 0. The average molecular weight is 232 g/mol. The van der Waals surface area contributed by atoms with Crippen LogP contribution < -0.4 is 9.47 Å². The van der Waals surface area contributed by atoms with Crippen LogP contribution in [0.15, 0.2) is 29.7 Å². The van der Waals surface area contributed by atoms with E-state index in [-0.39, 0.29) is 0 Å². The van der Waals surface area contributed by atoms with Crippen LogP contribution in [0.1, 0.15) is 5.56 Å². The summed E-state index contributed by atoms with van der Waals surface area (Å²) in [7, 11) is 3.16. The molecule has 17 heavy (non-hydrogen) atoms. The van der Waals surface area contributed by atoms with Gasteiger partial charge in [0.25, 0.3) is 0 Å². The molecule has 0 amide bonds. The Bertz CT molecular complexity index is 572. The van der Waals surface area contributed by atoms with Gasteiger partial charge in [0.15, 0.2) is 0 Å². The van der Waals surface area contributed by atoms with Gasteiger partial charge in [0, 0.05) is 23.2 Å². The fourth-order valence-corrected chi connectivity index (χ4v) is 1.81. The molecule has 0 saturated carbocycles. The number of methoxy groups -OCH3 is 2. The highest BCUT2D eigenvalue weighted by molar-refractivity contribution is 5.95. The molecular formula is C12H12N2O3. The zero-order valence-corrected chi connectivity index (χ0v) is 9.56. The summed E-state index contributed by atoms with van der Waals surface area (Å²) in [5, 5.41) is 3.63. The van der Waals surface area contributed by atoms with Crippen LogP contribution in [-0.2, 0) is 0 Å². The third-order valence-corrected chi connectivity index (χ3v) is 2.55. The summed E-state index contributed by atoms with van der Waals surface area (Å²) in [6, 6.07) is 3.66. The van der Waals surface area contributed by atoms with E-state index in [4.69, 9.17) is 9.47 Å². The molecule has 0 atom stereocenters. The first-order valence-corrected chi connectivity index (χ1v) is 5.03. The van der Waals surface area contributed by atoms with Crippen molar-refractivity contribution in [2.45, 2.75) is 0 Å². The van der Waals surface area contributed by atoms with Crippen LogP contribution in [0.5, 0.6) is 11.5 Å². The second-order valence-electron chi connectivity index (χ2n) is 3.38. The number of nitrogens with zero attached hydrogens (tertiary/aromatic N) is 1. The van der Waals surface area contributed by atoms with Crippen molar-refractivity contribution in [2.24, 2.45) is 5.18 Å². The van der Waals surface area contributed by atoms with Crippen molar-refractivity contribution in [3.63, 3.8) is 0 Å². The number of nitrogens with one attached hydrogen (secondary N) is 1. The third-order valence-electron chi connectivity index (χ3n) is 2.55. The van der Waals surface area contributed by atoms with Gasteiger partial charge in [0.1, 0.15) is 11.5 Å². The lowest BCUT2D eigenvalue weighted by Crippen LogP contribution is -1.91. The van der Waals surface area contributed by atoms with Crippen molar-refractivity contribution in [3.05, 3.63) is 35.0 Å². The van der Waals surface area contributed by atoms with Crippen LogP contribution in [0.4, 0.5) is 0 Å². The first-order chi connectivity index (χ1) is 8.31. The quantitative estimate of drug-likeness (QED) is 0.824. The molecule has 1 aromatic carbocycles. The van der Waals surface area contributed by atoms with Gasteiger partial charge in [-0.25, -0.2) is 0 Å². The highest BCUT2D eigenvalue weighted by Gasteiger charge is 2.12. The molecule has 5 heteroatoms. The van der Waals surface area contributed by atoms with E-state index in [1.54, 1.807) is 32.6 Å². The third kappa shape index (κ3) is 1.87. The lowest BCUT2D eigenvalue weighted by molar-refractivity contribution is 0.397. The highest BCUT2D eigenvalue weighted by Crippen LogP contribution is 2.35. The molecule has 0 unspecified atom stereocenters. The van der Waals surface area contributed by atoms with Gasteiger partial charge in [-0.05, 0) is 17.3 Å². The minimum Gasteiger partial charge on any atom is -0.496 e. The molecule has 0 saturated heterocycles. The van der Waals surface area contributed by atoms with E-state index in [9.17, 15) is 4.91 Å². The smallest absolute Gasteiger partial charge is 0.146 e. The summed E-state index contributed by atoms with van der Waals surface area (Å²) < 4.78 is 10.5. The Balaban J connectivity index is 2.74. The van der Waals surface area contributed by atoms with E-state index in [2.05, 4.69) is 10.2 Å². The van der Waals surface area contributed by atoms with Crippen molar-refractivity contribution < 1.29 is 9.47 Å². The number of aromatic amines is 1. The summed E-state index contributed by atoms with van der Waals surface area (Å²) in [6.07, 6.45) is 4.61. The topological polar surface area (TPSA) is 63.7 Å². The summed E-state index contributed by atoms with van der Waals surface area (Å²) in [5.41, 5.74) is 1.66. The van der Waals surface area contributed by atoms with E-state index in [1.807, 2.05) is 6.07 Å². The Morgan fingerprint density at radius 3 is 2.71 bits per heavy atom. The molecule has 0 fully saturated rings. The van der Waals surface area contributed by atoms with E-state index in [0.29, 0.717) is 11.5 Å². The number of ether oxygens (including phenoxy) is 2. The maximum absolute atomic E-state index is 10.2. The minimum absolute atomic E-state index is 0.633. The standard InChI is InChI=1S/C12H12N2O3/c1-16-10-7-11(17-2)12-9(3-5-13-12)8(10)4-6-14-15/h3-7,13H,1-2H3/b6-4+. The van der Waals surface area contributed by atoms with Crippen LogP contribution in [-0.4, -0.2) is 19.2 Å². The molecule has 1 N–H and O–H groups in total. The van der Waals surface area contributed by atoms with Crippen LogP contribution in [0.3, 0.4) is 0 Å². The summed E-state index contributed by atoms with van der Waals surface area (Å²) in [4.78, 5) is 13.2. The van der Waals surface area contributed by atoms with Crippen LogP contribution >= 0.6 is 0 Å². The molecule has 0 radical (unpaired) electrons. The molecule has 2 aromatic rings. The number of benzene rings is 1.